The lowest BCUT2D eigenvalue weighted by atomic mass is 10.1. The monoisotopic (exact) mass is 382 g/mol. The van der Waals surface area contributed by atoms with Crippen molar-refractivity contribution in [2.75, 3.05) is 11.9 Å². The number of nitriles is 1. The molecule has 0 saturated carbocycles. The van der Waals surface area contributed by atoms with Crippen molar-refractivity contribution < 1.29 is 22.5 Å². The third kappa shape index (κ3) is 5.58. The molecule has 2 aromatic rings. The Labute approximate surface area is 151 Å². The zero-order chi connectivity index (χ0) is 19.2. The summed E-state index contributed by atoms with van der Waals surface area (Å²) in [5.41, 5.74) is -1.55. The molecule has 4 nitrogen and oxygen atoms in total. The van der Waals surface area contributed by atoms with E-state index in [1.54, 1.807) is 12.1 Å². The summed E-state index contributed by atoms with van der Waals surface area (Å²) in [7, 11) is -1.50. The van der Waals surface area contributed by atoms with Crippen molar-refractivity contribution in [3.63, 3.8) is 0 Å². The Morgan fingerprint density at radius 3 is 2.50 bits per heavy atom. The summed E-state index contributed by atoms with van der Waals surface area (Å²) in [6.45, 7) is 0.144. The third-order valence-electron chi connectivity index (χ3n) is 3.62. The van der Waals surface area contributed by atoms with E-state index >= 15 is 0 Å². The lowest BCUT2D eigenvalue weighted by molar-refractivity contribution is -0.137. The minimum atomic E-state index is -4.63. The first-order chi connectivity index (χ1) is 12.3. The molecular weight excluding hydrogens is 365 g/mol. The highest BCUT2D eigenvalue weighted by molar-refractivity contribution is 7.84. The highest BCUT2D eigenvalue weighted by Gasteiger charge is 2.33. The lowest BCUT2D eigenvalue weighted by Gasteiger charge is -2.14. The molecule has 0 aromatic heterocycles. The maximum absolute atomic E-state index is 12.9. The number of aliphatic hydroxyl groups is 1. The van der Waals surface area contributed by atoms with E-state index in [2.05, 4.69) is 5.32 Å². The van der Waals surface area contributed by atoms with Crippen molar-refractivity contribution in [3.8, 4) is 6.07 Å². The normalized spacial score (nSPS) is 13.7. The van der Waals surface area contributed by atoms with Crippen molar-refractivity contribution in [2.45, 2.75) is 23.8 Å². The van der Waals surface area contributed by atoms with Gasteiger partial charge in [0.15, 0.2) is 0 Å². The Morgan fingerprint density at radius 1 is 1.19 bits per heavy atom. The molecule has 0 radical (unpaired) electrons. The zero-order valence-corrected chi connectivity index (χ0v) is 14.5. The van der Waals surface area contributed by atoms with Gasteiger partial charge in [0.1, 0.15) is 5.44 Å². The molecule has 2 aromatic carbocycles. The minimum absolute atomic E-state index is 0.112. The average molecular weight is 382 g/mol. The molecule has 0 aliphatic heterocycles. The molecule has 0 aliphatic rings. The molecule has 0 spiro atoms. The van der Waals surface area contributed by atoms with Gasteiger partial charge in [-0.15, -0.1) is 0 Å². The predicted octanol–water partition coefficient (Wildman–Crippen LogP) is 3.65. The van der Waals surface area contributed by atoms with Gasteiger partial charge in [-0.25, -0.2) is 0 Å². The van der Waals surface area contributed by atoms with Crippen LogP contribution in [0.3, 0.4) is 0 Å². The number of hydrogen-bond acceptors (Lipinski definition) is 4. The van der Waals surface area contributed by atoms with E-state index in [-0.39, 0.29) is 24.4 Å². The second-order valence-corrected chi connectivity index (χ2v) is 7.15. The average Bonchev–Trinajstić information content (AvgIpc) is 2.61. The van der Waals surface area contributed by atoms with Crippen LogP contribution in [0.25, 0.3) is 0 Å². The van der Waals surface area contributed by atoms with Crippen LogP contribution < -0.4 is 5.32 Å². The number of hydrogen-bond donors (Lipinski definition) is 2. The van der Waals surface area contributed by atoms with Gasteiger partial charge in [-0.3, -0.25) is 4.21 Å². The fourth-order valence-electron chi connectivity index (χ4n) is 2.29. The van der Waals surface area contributed by atoms with Crippen molar-refractivity contribution in [1.29, 1.82) is 5.26 Å². The summed E-state index contributed by atoms with van der Waals surface area (Å²) in [6.07, 6.45) is -4.51. The second kappa shape index (κ2) is 8.83. The standard InChI is InChI=1S/C18H17F3N2O2S/c19-18(20,21)16-10-15(7-6-14(16)11-22)23-9-8-17(24)26(25)12-13-4-2-1-3-5-13/h1-7,10,17,23-24H,8-9,12H2/t17?,26-/m1/s1. The van der Waals surface area contributed by atoms with Gasteiger partial charge in [0.25, 0.3) is 0 Å². The SMILES string of the molecule is N#Cc1ccc(NCCC(O)[S@](=O)Cc2ccccc2)cc1C(F)(F)F. The fraction of sp³-hybridized carbons (Fsp3) is 0.278. The van der Waals surface area contributed by atoms with E-state index in [9.17, 15) is 22.5 Å². The molecule has 26 heavy (non-hydrogen) atoms. The van der Waals surface area contributed by atoms with Gasteiger partial charge >= 0.3 is 6.18 Å². The van der Waals surface area contributed by atoms with Crippen LogP contribution >= 0.6 is 0 Å². The molecule has 2 atom stereocenters. The van der Waals surface area contributed by atoms with E-state index in [1.807, 2.05) is 18.2 Å². The maximum atomic E-state index is 12.9. The maximum Gasteiger partial charge on any atom is 0.417 e. The van der Waals surface area contributed by atoms with E-state index in [0.29, 0.717) is 0 Å². The van der Waals surface area contributed by atoms with Crippen molar-refractivity contribution >= 4 is 16.5 Å². The molecule has 8 heteroatoms. The van der Waals surface area contributed by atoms with Crippen LogP contribution in [0.4, 0.5) is 18.9 Å². The summed E-state index contributed by atoms with van der Waals surface area (Å²) in [4.78, 5) is 0. The summed E-state index contributed by atoms with van der Waals surface area (Å²) >= 11 is 0. The van der Waals surface area contributed by atoms with Gasteiger partial charge in [0.05, 0.1) is 33.7 Å². The molecule has 0 heterocycles. The van der Waals surface area contributed by atoms with E-state index in [1.165, 1.54) is 12.1 Å². The Bertz CT molecular complexity index is 804. The topological polar surface area (TPSA) is 73.1 Å². The van der Waals surface area contributed by atoms with E-state index in [4.69, 9.17) is 5.26 Å². The number of benzene rings is 2. The molecule has 0 fully saturated rings. The van der Waals surface area contributed by atoms with Crippen molar-refractivity contribution in [1.82, 2.24) is 0 Å². The third-order valence-corrected chi connectivity index (χ3v) is 5.08. The van der Waals surface area contributed by atoms with Gasteiger partial charge in [-0.2, -0.15) is 18.4 Å². The molecule has 0 bridgehead atoms. The Hall–Kier alpha value is -2.37. The van der Waals surface area contributed by atoms with Crippen molar-refractivity contribution in [3.05, 3.63) is 65.2 Å². The van der Waals surface area contributed by atoms with Crippen molar-refractivity contribution in [2.24, 2.45) is 0 Å². The van der Waals surface area contributed by atoms with Gasteiger partial charge in [-0.05, 0) is 23.8 Å². The molecule has 0 saturated heterocycles. The quantitative estimate of drug-likeness (QED) is 0.767. The Balaban J connectivity index is 1.91. The molecule has 2 rings (SSSR count). The second-order valence-electron chi connectivity index (χ2n) is 5.55. The number of nitrogens with one attached hydrogen (secondary N) is 1. The van der Waals surface area contributed by atoms with Crippen LogP contribution in [0.2, 0.25) is 0 Å². The number of alkyl halides is 3. The van der Waals surface area contributed by atoms with Crippen LogP contribution in [0, 0.1) is 11.3 Å². The zero-order valence-electron chi connectivity index (χ0n) is 13.7. The van der Waals surface area contributed by atoms with Gasteiger partial charge in [0.2, 0.25) is 0 Å². The lowest BCUT2D eigenvalue weighted by Crippen LogP contribution is -2.20. The number of halogens is 3. The number of nitrogens with zero attached hydrogens (tertiary/aromatic N) is 1. The Morgan fingerprint density at radius 2 is 1.88 bits per heavy atom. The van der Waals surface area contributed by atoms with Crippen LogP contribution in [0.5, 0.6) is 0 Å². The van der Waals surface area contributed by atoms with Crippen LogP contribution in [-0.4, -0.2) is 21.3 Å². The highest BCUT2D eigenvalue weighted by atomic mass is 32.2. The molecule has 2 N–H and O–H groups in total. The van der Waals surface area contributed by atoms with Gasteiger partial charge in [-0.1, -0.05) is 30.3 Å². The fourth-order valence-corrected chi connectivity index (χ4v) is 3.39. The van der Waals surface area contributed by atoms with Crippen LogP contribution in [0.1, 0.15) is 23.1 Å². The highest BCUT2D eigenvalue weighted by Crippen LogP contribution is 2.33. The Kier molecular flexibility index (Phi) is 6.77. The summed E-state index contributed by atoms with van der Waals surface area (Å²) < 4.78 is 50.8. The summed E-state index contributed by atoms with van der Waals surface area (Å²) in [6, 6.07) is 13.9. The molecular formula is C18H17F3N2O2S. The van der Waals surface area contributed by atoms with E-state index in [0.717, 1.165) is 17.7 Å². The van der Waals surface area contributed by atoms with Gasteiger partial charge < -0.3 is 10.4 Å². The number of aliphatic hydroxyl groups excluding tert-OH is 1. The van der Waals surface area contributed by atoms with Crippen LogP contribution in [0.15, 0.2) is 48.5 Å². The molecule has 0 aliphatic carbocycles. The summed E-state index contributed by atoms with van der Waals surface area (Å²) in [5, 5.41) is 21.5. The first kappa shape index (κ1) is 19.9. The number of rotatable bonds is 7. The summed E-state index contributed by atoms with van der Waals surface area (Å²) in [5.74, 6) is 0.205. The smallest absolute Gasteiger partial charge is 0.385 e. The van der Waals surface area contributed by atoms with E-state index < -0.39 is 33.5 Å². The predicted molar refractivity (Wildman–Crippen MR) is 93.6 cm³/mol. The van der Waals surface area contributed by atoms with Crippen LogP contribution in [-0.2, 0) is 22.7 Å². The largest absolute Gasteiger partial charge is 0.417 e. The minimum Gasteiger partial charge on any atom is -0.385 e. The first-order valence-electron chi connectivity index (χ1n) is 7.75. The molecule has 1 unspecified atom stereocenters. The molecule has 138 valence electrons. The molecule has 0 amide bonds. The van der Waals surface area contributed by atoms with Gasteiger partial charge in [0, 0.05) is 18.7 Å². The number of anilines is 1. The first-order valence-corrected chi connectivity index (χ1v) is 9.14.